The summed E-state index contributed by atoms with van der Waals surface area (Å²) in [6.45, 7) is 3.54. The van der Waals surface area contributed by atoms with E-state index in [4.69, 9.17) is 39.5 Å². The first kappa shape index (κ1) is 32.4. The molecule has 0 radical (unpaired) electrons. The van der Waals surface area contributed by atoms with E-state index in [-0.39, 0.29) is 38.8 Å². The van der Waals surface area contributed by atoms with Crippen molar-refractivity contribution in [2.75, 3.05) is 31.6 Å². The lowest BCUT2D eigenvalue weighted by Gasteiger charge is -2.35. The third kappa shape index (κ3) is 5.27. The number of alkyl halides is 3. The first-order valence-electron chi connectivity index (χ1n) is 14.3. The predicted molar refractivity (Wildman–Crippen MR) is 170 cm³/mol. The van der Waals surface area contributed by atoms with Gasteiger partial charge in [0, 0.05) is 36.0 Å². The summed E-state index contributed by atoms with van der Waals surface area (Å²) >= 11 is 18.8. The van der Waals surface area contributed by atoms with Gasteiger partial charge in [-0.1, -0.05) is 41.0 Å². The highest BCUT2D eigenvalue weighted by Crippen LogP contribution is 2.62. The van der Waals surface area contributed by atoms with E-state index in [0.717, 1.165) is 24.2 Å². The summed E-state index contributed by atoms with van der Waals surface area (Å²) in [6, 6.07) is 11.2. The standard InChI is InChI=1S/C31H26Cl3F2N5O4S/c1-3-39-8-5-9-40(29(39)44)21-10-16-15-41(30(13-17(30)14-37)18(16)11-22(21)45-2)28(43)25-23(12-24(31(34,35)36)38-27(25)42)46-26-19(32)6-4-7-20(26)33/h4,6-7,10-12,17H,3,5,8-9,13,15H2,1-2H3,(H,38,42)/t17?,30-/m1/s1. The molecule has 3 aliphatic rings. The fourth-order valence-electron chi connectivity index (χ4n) is 6.33. The van der Waals surface area contributed by atoms with Crippen molar-refractivity contribution in [1.29, 1.82) is 5.26 Å². The second-order valence-electron chi connectivity index (χ2n) is 11.2. The maximum Gasteiger partial charge on any atom is 0.362 e. The molecular weight excluding hydrogens is 683 g/mol. The van der Waals surface area contributed by atoms with Crippen molar-refractivity contribution in [3.05, 3.63) is 79.2 Å². The number of nitrogens with one attached hydrogen (secondary N) is 1. The third-order valence-corrected chi connectivity index (χ3v) is 10.9. The Balaban J connectivity index is 1.46. The second-order valence-corrected chi connectivity index (χ2v) is 13.5. The van der Waals surface area contributed by atoms with Gasteiger partial charge in [-0.2, -0.15) is 14.0 Å². The van der Waals surface area contributed by atoms with E-state index >= 15 is 0 Å². The molecule has 3 aromatic rings. The van der Waals surface area contributed by atoms with E-state index in [1.807, 2.05) is 6.92 Å². The molecular formula is C31H26Cl3F2N5O4S. The Morgan fingerprint density at radius 1 is 1.22 bits per heavy atom. The van der Waals surface area contributed by atoms with Gasteiger partial charge in [0.2, 0.25) is 0 Å². The lowest BCUT2D eigenvalue weighted by atomic mass is 9.98. The average Bonchev–Trinajstić information content (AvgIpc) is 3.66. The van der Waals surface area contributed by atoms with Crippen LogP contribution in [0.2, 0.25) is 10.0 Å². The quantitative estimate of drug-likeness (QED) is 0.261. The topological polar surface area (TPSA) is 110 Å². The van der Waals surface area contributed by atoms with Crippen molar-refractivity contribution in [2.45, 2.75) is 47.0 Å². The molecule has 9 nitrogen and oxygen atoms in total. The van der Waals surface area contributed by atoms with Crippen LogP contribution in [-0.4, -0.2) is 53.5 Å². The molecule has 240 valence electrons. The summed E-state index contributed by atoms with van der Waals surface area (Å²) in [6.07, 6.45) is 1.03. The molecule has 6 rings (SSSR count). The van der Waals surface area contributed by atoms with Crippen molar-refractivity contribution in [3.8, 4) is 11.8 Å². The number of ether oxygens (including phenoxy) is 1. The molecule has 2 aromatic carbocycles. The lowest BCUT2D eigenvalue weighted by molar-refractivity contribution is 0.0644. The van der Waals surface area contributed by atoms with E-state index < -0.39 is 39.6 Å². The van der Waals surface area contributed by atoms with E-state index in [9.17, 15) is 28.4 Å². The van der Waals surface area contributed by atoms with Gasteiger partial charge in [0.1, 0.15) is 17.0 Å². The molecule has 1 spiro atoms. The SMILES string of the molecule is CCN1CCCN(c2cc3c(cc2OC)[C@]2(CC2C#N)N(C(=O)c2c(Sc4c(Cl)cccc4Cl)cc(C(F)(F)Cl)[nH]c2=O)C3)C1=O. The second kappa shape index (κ2) is 11.9. The van der Waals surface area contributed by atoms with Crippen LogP contribution in [0.15, 0.2) is 51.0 Å². The zero-order chi connectivity index (χ0) is 33.1. The summed E-state index contributed by atoms with van der Waals surface area (Å²) in [5.41, 5.74) is -1.67. The van der Waals surface area contributed by atoms with Crippen molar-refractivity contribution in [1.82, 2.24) is 14.8 Å². The minimum atomic E-state index is -3.94. The Morgan fingerprint density at radius 2 is 1.93 bits per heavy atom. The average molecular weight is 709 g/mol. The van der Waals surface area contributed by atoms with Gasteiger partial charge < -0.3 is 19.5 Å². The van der Waals surface area contributed by atoms with Crippen LogP contribution in [0.4, 0.5) is 19.3 Å². The number of pyridine rings is 1. The Morgan fingerprint density at radius 3 is 2.54 bits per heavy atom. The minimum absolute atomic E-state index is 0.00727. The molecule has 1 saturated heterocycles. The molecule has 1 aliphatic carbocycles. The first-order chi connectivity index (χ1) is 21.8. The number of hydrogen-bond donors (Lipinski definition) is 1. The summed E-state index contributed by atoms with van der Waals surface area (Å²) < 4.78 is 34.2. The van der Waals surface area contributed by atoms with E-state index in [1.165, 1.54) is 24.1 Å². The number of aromatic amines is 1. The number of fused-ring (bicyclic) bond motifs is 2. The van der Waals surface area contributed by atoms with Crippen LogP contribution in [0, 0.1) is 17.2 Å². The Hall–Kier alpha value is -3.50. The number of hydrogen-bond acceptors (Lipinski definition) is 6. The number of anilines is 1. The molecule has 2 atom stereocenters. The molecule has 3 heterocycles. The number of benzene rings is 2. The zero-order valence-corrected chi connectivity index (χ0v) is 27.6. The number of rotatable bonds is 7. The number of amides is 3. The van der Waals surface area contributed by atoms with Gasteiger partial charge in [0.25, 0.3) is 11.5 Å². The van der Waals surface area contributed by atoms with Gasteiger partial charge in [-0.15, -0.1) is 0 Å². The highest BCUT2D eigenvalue weighted by Gasteiger charge is 2.65. The van der Waals surface area contributed by atoms with Crippen molar-refractivity contribution >= 4 is 64.2 Å². The monoisotopic (exact) mass is 707 g/mol. The number of methoxy groups -OCH3 is 1. The highest BCUT2D eigenvalue weighted by molar-refractivity contribution is 7.99. The molecule has 15 heteroatoms. The van der Waals surface area contributed by atoms with E-state index in [0.29, 0.717) is 42.2 Å². The van der Waals surface area contributed by atoms with E-state index in [2.05, 4.69) is 11.1 Å². The summed E-state index contributed by atoms with van der Waals surface area (Å²) in [5, 5.41) is 6.44. The van der Waals surface area contributed by atoms with Crippen molar-refractivity contribution < 1.29 is 23.1 Å². The Labute approximate surface area is 281 Å². The number of urea groups is 1. The number of H-pyrrole nitrogens is 1. The Bertz CT molecular complexity index is 1860. The maximum atomic E-state index is 14.5. The van der Waals surface area contributed by atoms with Gasteiger partial charge in [-0.05, 0) is 72.8 Å². The number of halogens is 5. The molecule has 1 aromatic heterocycles. The normalized spacial score (nSPS) is 20.6. The number of carbonyl (C=O) groups excluding carboxylic acids is 2. The molecule has 2 aliphatic heterocycles. The molecule has 1 N–H and O–H groups in total. The van der Waals surface area contributed by atoms with E-state index in [1.54, 1.807) is 28.0 Å². The van der Waals surface area contributed by atoms with Gasteiger partial charge in [-0.25, -0.2) is 4.79 Å². The smallest absolute Gasteiger partial charge is 0.362 e. The Kier molecular flexibility index (Phi) is 8.42. The van der Waals surface area contributed by atoms with Crippen LogP contribution < -0.4 is 15.2 Å². The summed E-state index contributed by atoms with van der Waals surface area (Å²) in [7, 11) is 1.48. The number of nitriles is 1. The van der Waals surface area contributed by atoms with Gasteiger partial charge >= 0.3 is 11.4 Å². The van der Waals surface area contributed by atoms with Crippen LogP contribution in [0.1, 0.15) is 46.9 Å². The largest absolute Gasteiger partial charge is 0.495 e. The van der Waals surface area contributed by atoms with Crippen LogP contribution in [0.25, 0.3) is 0 Å². The maximum absolute atomic E-state index is 14.5. The van der Waals surface area contributed by atoms with Gasteiger partial charge in [-0.3, -0.25) is 14.5 Å². The first-order valence-corrected chi connectivity index (χ1v) is 16.3. The fourth-order valence-corrected chi connectivity index (χ4v) is 8.07. The van der Waals surface area contributed by atoms with Gasteiger partial charge in [0.15, 0.2) is 0 Å². The van der Waals surface area contributed by atoms with Crippen LogP contribution >= 0.6 is 46.6 Å². The van der Waals surface area contributed by atoms with Crippen LogP contribution in [0.5, 0.6) is 5.75 Å². The van der Waals surface area contributed by atoms with Crippen molar-refractivity contribution in [3.63, 3.8) is 0 Å². The molecule has 1 saturated carbocycles. The molecule has 3 amide bonds. The number of aromatic nitrogens is 1. The predicted octanol–water partition coefficient (Wildman–Crippen LogP) is 7.18. The zero-order valence-electron chi connectivity index (χ0n) is 24.5. The molecule has 0 bridgehead atoms. The molecule has 1 unspecified atom stereocenters. The van der Waals surface area contributed by atoms with Crippen LogP contribution in [0.3, 0.4) is 0 Å². The third-order valence-electron chi connectivity index (χ3n) is 8.64. The van der Waals surface area contributed by atoms with Crippen molar-refractivity contribution in [2.24, 2.45) is 5.92 Å². The number of carbonyl (C=O) groups is 2. The minimum Gasteiger partial charge on any atom is -0.495 e. The van der Waals surface area contributed by atoms with Crippen LogP contribution in [-0.2, 0) is 17.5 Å². The summed E-state index contributed by atoms with van der Waals surface area (Å²) in [5.74, 6) is -0.990. The fraction of sp³-hybridized carbons (Fsp3) is 0.355. The van der Waals surface area contributed by atoms with Gasteiger partial charge in [0.05, 0.1) is 40.4 Å². The number of nitrogens with zero attached hydrogens (tertiary/aromatic N) is 4. The molecule has 2 fully saturated rings. The summed E-state index contributed by atoms with van der Waals surface area (Å²) in [4.78, 5) is 48.1. The highest BCUT2D eigenvalue weighted by atomic mass is 35.5. The lowest BCUT2D eigenvalue weighted by Crippen LogP contribution is -2.49. The molecule has 46 heavy (non-hydrogen) atoms.